The van der Waals surface area contributed by atoms with Gasteiger partial charge in [-0.2, -0.15) is 13.2 Å². The first-order chi connectivity index (χ1) is 11.5. The molecule has 0 aliphatic carbocycles. The molecule has 1 saturated heterocycles. The van der Waals surface area contributed by atoms with Gasteiger partial charge >= 0.3 is 6.18 Å². The van der Waals surface area contributed by atoms with Crippen molar-refractivity contribution in [2.45, 2.75) is 31.6 Å². The van der Waals surface area contributed by atoms with Gasteiger partial charge in [0.2, 0.25) is 5.91 Å². The number of alkyl halides is 3. The van der Waals surface area contributed by atoms with Crippen LogP contribution in [0.5, 0.6) is 0 Å². The van der Waals surface area contributed by atoms with Crippen LogP contribution in [-0.4, -0.2) is 23.5 Å². The second-order valence-corrected chi connectivity index (χ2v) is 6.47. The highest BCUT2D eigenvalue weighted by molar-refractivity contribution is 7.10. The van der Waals surface area contributed by atoms with Crippen molar-refractivity contribution in [1.29, 1.82) is 0 Å². The predicted octanol–water partition coefficient (Wildman–Crippen LogP) is 3.45. The van der Waals surface area contributed by atoms with Crippen molar-refractivity contribution in [3.63, 3.8) is 0 Å². The van der Waals surface area contributed by atoms with Gasteiger partial charge in [0.25, 0.3) is 0 Å². The van der Waals surface area contributed by atoms with Crippen LogP contribution in [0.4, 0.5) is 18.9 Å². The Morgan fingerprint density at radius 2 is 2.21 bits per heavy atom. The molecule has 1 aliphatic heterocycles. The highest BCUT2D eigenvalue weighted by Crippen LogP contribution is 2.36. The largest absolute Gasteiger partial charge is 0.425 e. The van der Waals surface area contributed by atoms with Crippen LogP contribution in [0.1, 0.15) is 23.3 Å². The Morgan fingerprint density at radius 3 is 2.92 bits per heavy atom. The van der Waals surface area contributed by atoms with E-state index in [0.717, 1.165) is 6.42 Å². The molecule has 4 nitrogen and oxygen atoms in total. The maximum Gasteiger partial charge on any atom is 0.425 e. The maximum absolute atomic E-state index is 12.9. The summed E-state index contributed by atoms with van der Waals surface area (Å²) < 4.78 is 38.7. The highest BCUT2D eigenvalue weighted by Gasteiger charge is 2.35. The minimum Gasteiger partial charge on any atom is -0.310 e. The van der Waals surface area contributed by atoms with Crippen molar-refractivity contribution in [2.24, 2.45) is 0 Å². The first kappa shape index (κ1) is 16.9. The van der Waals surface area contributed by atoms with Gasteiger partial charge < -0.3 is 10.2 Å². The van der Waals surface area contributed by atoms with Gasteiger partial charge in [0.05, 0.1) is 17.9 Å². The molecule has 1 aliphatic rings. The van der Waals surface area contributed by atoms with Crippen molar-refractivity contribution in [1.82, 2.24) is 10.3 Å². The van der Waals surface area contributed by atoms with Crippen LogP contribution in [0.25, 0.3) is 0 Å². The molecule has 3 heterocycles. The third-order valence-corrected chi connectivity index (χ3v) is 4.94. The van der Waals surface area contributed by atoms with Crippen molar-refractivity contribution in [3.8, 4) is 0 Å². The van der Waals surface area contributed by atoms with Gasteiger partial charge in [0.1, 0.15) is 4.88 Å². The Morgan fingerprint density at radius 1 is 1.38 bits per heavy atom. The Labute approximate surface area is 141 Å². The molecule has 2 aromatic heterocycles. The molecule has 1 amide bonds. The number of piperidine rings is 1. The van der Waals surface area contributed by atoms with E-state index in [1.165, 1.54) is 11.4 Å². The van der Waals surface area contributed by atoms with Gasteiger partial charge in [0.15, 0.2) is 0 Å². The molecule has 128 valence electrons. The molecule has 1 unspecified atom stereocenters. The smallest absolute Gasteiger partial charge is 0.310 e. The van der Waals surface area contributed by atoms with E-state index in [9.17, 15) is 18.0 Å². The average Bonchev–Trinajstić information content (AvgIpc) is 3.04. The fraction of sp³-hybridized carbons (Fsp3) is 0.375. The standard InChI is InChI=1S/C16H16F3N3OS/c17-16(18,19)14-11(5-8-24-14)9-21-13-4-2-7-22(15(13)23)12-3-1-6-20-10-12/h1,3,5-6,8,10,13,21H,2,4,7,9H2. The minimum atomic E-state index is -4.36. The quantitative estimate of drug-likeness (QED) is 0.914. The van der Waals surface area contributed by atoms with Crippen molar-refractivity contribution >= 4 is 22.9 Å². The number of thiophene rings is 1. The molecule has 8 heteroatoms. The van der Waals surface area contributed by atoms with E-state index >= 15 is 0 Å². The molecule has 0 radical (unpaired) electrons. The summed E-state index contributed by atoms with van der Waals surface area (Å²) in [6.07, 6.45) is 0.280. The number of pyridine rings is 1. The predicted molar refractivity (Wildman–Crippen MR) is 85.8 cm³/mol. The molecule has 0 spiro atoms. The van der Waals surface area contributed by atoms with E-state index in [-0.39, 0.29) is 18.0 Å². The van der Waals surface area contributed by atoms with Gasteiger partial charge in [-0.3, -0.25) is 9.78 Å². The third kappa shape index (κ3) is 3.59. The first-order valence-electron chi connectivity index (χ1n) is 7.55. The van der Waals surface area contributed by atoms with E-state index in [2.05, 4.69) is 10.3 Å². The van der Waals surface area contributed by atoms with Crippen LogP contribution in [0.15, 0.2) is 36.0 Å². The lowest BCUT2D eigenvalue weighted by Gasteiger charge is -2.32. The van der Waals surface area contributed by atoms with Gasteiger partial charge in [-0.05, 0) is 42.0 Å². The zero-order chi connectivity index (χ0) is 17.2. The van der Waals surface area contributed by atoms with E-state index in [1.54, 1.807) is 29.4 Å². The number of amides is 1. The van der Waals surface area contributed by atoms with Crippen LogP contribution in [0.3, 0.4) is 0 Å². The topological polar surface area (TPSA) is 45.2 Å². The second kappa shape index (κ2) is 6.90. The molecule has 1 fully saturated rings. The Kier molecular flexibility index (Phi) is 4.86. The van der Waals surface area contributed by atoms with Gasteiger partial charge in [-0.25, -0.2) is 0 Å². The molecule has 0 saturated carbocycles. The van der Waals surface area contributed by atoms with E-state index in [4.69, 9.17) is 0 Å². The maximum atomic E-state index is 12.9. The van der Waals surface area contributed by atoms with Gasteiger partial charge in [-0.15, -0.1) is 11.3 Å². The van der Waals surface area contributed by atoms with Crippen LogP contribution in [-0.2, 0) is 17.5 Å². The number of rotatable bonds is 4. The summed E-state index contributed by atoms with van der Waals surface area (Å²) in [7, 11) is 0. The number of nitrogens with one attached hydrogen (secondary N) is 1. The summed E-state index contributed by atoms with van der Waals surface area (Å²) in [5.74, 6) is -0.127. The molecular weight excluding hydrogens is 339 g/mol. The number of carbonyl (C=O) groups excluding carboxylic acids is 1. The lowest BCUT2D eigenvalue weighted by atomic mass is 10.0. The Balaban J connectivity index is 1.68. The molecule has 1 N–H and O–H groups in total. The summed E-state index contributed by atoms with van der Waals surface area (Å²) in [6, 6.07) is 4.52. The van der Waals surface area contributed by atoms with E-state index in [0.29, 0.717) is 30.0 Å². The third-order valence-electron chi connectivity index (χ3n) is 3.94. The number of hydrogen-bond donors (Lipinski definition) is 1. The molecule has 0 bridgehead atoms. The lowest BCUT2D eigenvalue weighted by Crippen LogP contribution is -2.50. The first-order valence-corrected chi connectivity index (χ1v) is 8.43. The molecule has 24 heavy (non-hydrogen) atoms. The number of anilines is 1. The lowest BCUT2D eigenvalue weighted by molar-refractivity contribution is -0.134. The summed E-state index contributed by atoms with van der Waals surface area (Å²) in [5.41, 5.74) is 0.888. The number of aromatic nitrogens is 1. The highest BCUT2D eigenvalue weighted by atomic mass is 32.1. The van der Waals surface area contributed by atoms with Crippen molar-refractivity contribution in [3.05, 3.63) is 46.4 Å². The zero-order valence-electron chi connectivity index (χ0n) is 12.7. The normalized spacial score (nSPS) is 18.9. The Hall–Kier alpha value is -1.93. The van der Waals surface area contributed by atoms with Gasteiger partial charge in [0, 0.05) is 19.3 Å². The van der Waals surface area contributed by atoms with E-state index < -0.39 is 17.1 Å². The van der Waals surface area contributed by atoms with E-state index in [1.807, 2.05) is 0 Å². The molecule has 0 aromatic carbocycles. The fourth-order valence-corrected chi connectivity index (χ4v) is 3.58. The summed E-state index contributed by atoms with van der Waals surface area (Å²) in [4.78, 5) is 17.6. The summed E-state index contributed by atoms with van der Waals surface area (Å²) in [6.45, 7) is 0.616. The molecule has 3 rings (SSSR count). The van der Waals surface area contributed by atoms with Crippen molar-refractivity contribution in [2.75, 3.05) is 11.4 Å². The Bertz CT molecular complexity index is 702. The SMILES string of the molecule is O=C1C(NCc2ccsc2C(F)(F)F)CCCN1c1cccnc1. The monoisotopic (exact) mass is 355 g/mol. The number of halogens is 3. The van der Waals surface area contributed by atoms with Crippen LogP contribution >= 0.6 is 11.3 Å². The van der Waals surface area contributed by atoms with Crippen LogP contribution < -0.4 is 10.2 Å². The van der Waals surface area contributed by atoms with Crippen molar-refractivity contribution < 1.29 is 18.0 Å². The molecule has 2 aromatic rings. The molecule has 1 atom stereocenters. The minimum absolute atomic E-state index is 0.0234. The van der Waals surface area contributed by atoms with Crippen LogP contribution in [0.2, 0.25) is 0 Å². The van der Waals surface area contributed by atoms with Crippen LogP contribution in [0, 0.1) is 0 Å². The summed E-state index contributed by atoms with van der Waals surface area (Å²) >= 11 is 0.673. The average molecular weight is 355 g/mol. The molecular formula is C16H16F3N3OS. The number of carbonyl (C=O) groups is 1. The zero-order valence-corrected chi connectivity index (χ0v) is 13.5. The second-order valence-electron chi connectivity index (χ2n) is 5.55. The fourth-order valence-electron chi connectivity index (χ4n) is 2.79. The van der Waals surface area contributed by atoms with Gasteiger partial charge in [-0.1, -0.05) is 0 Å². The number of nitrogens with zero attached hydrogens (tertiary/aromatic N) is 2. The summed E-state index contributed by atoms with van der Waals surface area (Å²) in [5, 5.41) is 4.40. The number of hydrogen-bond acceptors (Lipinski definition) is 4.